The zero-order valence-corrected chi connectivity index (χ0v) is 21.4. The molecule has 190 valence electrons. The van der Waals surface area contributed by atoms with Gasteiger partial charge in [-0.3, -0.25) is 4.79 Å². The maximum atomic E-state index is 13.2. The summed E-state index contributed by atoms with van der Waals surface area (Å²) in [6, 6.07) is 15.8. The number of piperidine rings is 2. The smallest absolute Gasteiger partial charge is 0.336 e. The Morgan fingerprint density at radius 1 is 1.08 bits per heavy atom. The quantitative estimate of drug-likeness (QED) is 0.432. The minimum Gasteiger partial charge on any atom is -0.496 e. The van der Waals surface area contributed by atoms with E-state index >= 15 is 0 Å². The fourth-order valence-electron chi connectivity index (χ4n) is 6.15. The van der Waals surface area contributed by atoms with E-state index in [2.05, 4.69) is 4.90 Å². The Bertz CT molecular complexity index is 1270. The summed E-state index contributed by atoms with van der Waals surface area (Å²) in [5, 5.41) is 0.844. The number of amides is 1. The van der Waals surface area contributed by atoms with Gasteiger partial charge in [-0.2, -0.15) is 0 Å². The Morgan fingerprint density at radius 3 is 2.69 bits per heavy atom. The Hall–Kier alpha value is -3.12. The van der Waals surface area contributed by atoms with Gasteiger partial charge < -0.3 is 19.0 Å². The standard InChI is InChI=1S/C30H36N2O4/c1-31(20-23-11-8-16-32-15-7-6-12-26(23)32)29(33)14-13-22-17-25-24(21-9-4-3-5-10-21)18-30(34)36-28(25)19-27(22)35-2/h3-5,9-10,17-19,23,26H,6-8,11-16,20H2,1-2H3/t23-,26+/m1/s1. The van der Waals surface area contributed by atoms with Crippen LogP contribution in [0.3, 0.4) is 0 Å². The molecule has 3 heterocycles. The molecule has 0 radical (unpaired) electrons. The van der Waals surface area contributed by atoms with Gasteiger partial charge in [0, 0.05) is 43.6 Å². The SMILES string of the molecule is COc1cc2oc(=O)cc(-c3ccccc3)c2cc1CCC(=O)N(C)C[C@H]1CCCN2CCCC[C@@H]12. The molecule has 3 aromatic rings. The number of aryl methyl sites for hydroxylation is 1. The first-order valence-electron chi connectivity index (χ1n) is 13.2. The van der Waals surface area contributed by atoms with Gasteiger partial charge in [-0.05, 0) is 73.9 Å². The van der Waals surface area contributed by atoms with Crippen LogP contribution in [-0.2, 0) is 11.2 Å². The summed E-state index contributed by atoms with van der Waals surface area (Å²) in [7, 11) is 3.56. The Morgan fingerprint density at radius 2 is 1.89 bits per heavy atom. The molecule has 36 heavy (non-hydrogen) atoms. The van der Waals surface area contributed by atoms with Crippen LogP contribution in [-0.4, -0.2) is 55.5 Å². The Balaban J connectivity index is 1.33. The third kappa shape index (κ3) is 5.19. The molecule has 0 unspecified atom stereocenters. The van der Waals surface area contributed by atoms with Crippen LogP contribution in [0.15, 0.2) is 57.7 Å². The zero-order valence-electron chi connectivity index (χ0n) is 21.4. The molecule has 2 aromatic carbocycles. The van der Waals surface area contributed by atoms with E-state index in [1.807, 2.05) is 48.3 Å². The molecule has 0 saturated carbocycles. The lowest BCUT2D eigenvalue weighted by molar-refractivity contribution is -0.131. The van der Waals surface area contributed by atoms with Gasteiger partial charge in [0.05, 0.1) is 7.11 Å². The van der Waals surface area contributed by atoms with E-state index < -0.39 is 5.63 Å². The minimum atomic E-state index is -0.396. The molecule has 2 fully saturated rings. The zero-order chi connectivity index (χ0) is 25.1. The number of hydrogen-bond donors (Lipinski definition) is 0. The molecule has 2 atom stereocenters. The molecule has 0 spiro atoms. The van der Waals surface area contributed by atoms with Crippen LogP contribution in [0.2, 0.25) is 0 Å². The first kappa shape index (κ1) is 24.6. The van der Waals surface area contributed by atoms with Crippen molar-refractivity contribution in [1.29, 1.82) is 0 Å². The normalized spacial score (nSPS) is 20.2. The van der Waals surface area contributed by atoms with Gasteiger partial charge in [0.1, 0.15) is 11.3 Å². The maximum absolute atomic E-state index is 13.2. The van der Waals surface area contributed by atoms with Gasteiger partial charge in [-0.15, -0.1) is 0 Å². The van der Waals surface area contributed by atoms with Crippen molar-refractivity contribution >= 4 is 16.9 Å². The highest BCUT2D eigenvalue weighted by Gasteiger charge is 2.34. The lowest BCUT2D eigenvalue weighted by Crippen LogP contribution is -2.51. The summed E-state index contributed by atoms with van der Waals surface area (Å²) in [4.78, 5) is 30.0. The monoisotopic (exact) mass is 488 g/mol. The van der Waals surface area contributed by atoms with Crippen molar-refractivity contribution in [2.45, 2.75) is 51.0 Å². The first-order chi connectivity index (χ1) is 17.5. The summed E-state index contributed by atoms with van der Waals surface area (Å²) < 4.78 is 11.1. The topological polar surface area (TPSA) is 63.0 Å². The van der Waals surface area contributed by atoms with Crippen LogP contribution in [0.1, 0.15) is 44.1 Å². The third-order valence-corrected chi connectivity index (χ3v) is 8.00. The Kier molecular flexibility index (Phi) is 7.42. The Labute approximate surface area is 212 Å². The van der Waals surface area contributed by atoms with E-state index in [0.717, 1.165) is 28.6 Å². The van der Waals surface area contributed by atoms with Crippen molar-refractivity contribution in [3.05, 3.63) is 64.5 Å². The number of ether oxygens (including phenoxy) is 1. The van der Waals surface area contributed by atoms with Crippen molar-refractivity contribution in [1.82, 2.24) is 9.80 Å². The number of benzene rings is 2. The highest BCUT2D eigenvalue weighted by molar-refractivity contribution is 5.94. The summed E-state index contributed by atoms with van der Waals surface area (Å²) in [5.41, 5.74) is 2.80. The lowest BCUT2D eigenvalue weighted by Gasteiger charge is -2.45. The van der Waals surface area contributed by atoms with E-state index in [9.17, 15) is 9.59 Å². The summed E-state index contributed by atoms with van der Waals surface area (Å²) >= 11 is 0. The van der Waals surface area contributed by atoms with Crippen molar-refractivity contribution in [2.24, 2.45) is 5.92 Å². The number of methoxy groups -OCH3 is 1. The van der Waals surface area contributed by atoms with Crippen LogP contribution >= 0.6 is 0 Å². The largest absolute Gasteiger partial charge is 0.496 e. The maximum Gasteiger partial charge on any atom is 0.336 e. The van der Waals surface area contributed by atoms with E-state index in [1.54, 1.807) is 13.2 Å². The van der Waals surface area contributed by atoms with E-state index in [1.165, 1.54) is 51.3 Å². The second kappa shape index (κ2) is 10.9. The van der Waals surface area contributed by atoms with Crippen molar-refractivity contribution < 1.29 is 13.9 Å². The molecule has 0 bridgehead atoms. The molecule has 1 aromatic heterocycles. The first-order valence-corrected chi connectivity index (χ1v) is 13.2. The van der Waals surface area contributed by atoms with Crippen LogP contribution in [0.5, 0.6) is 5.75 Å². The molecule has 0 N–H and O–H groups in total. The van der Waals surface area contributed by atoms with Crippen molar-refractivity contribution in [3.8, 4) is 16.9 Å². The van der Waals surface area contributed by atoms with Gasteiger partial charge in [-0.1, -0.05) is 36.8 Å². The number of nitrogens with zero attached hydrogens (tertiary/aromatic N) is 2. The van der Waals surface area contributed by atoms with Crippen LogP contribution in [0.25, 0.3) is 22.1 Å². The highest BCUT2D eigenvalue weighted by atomic mass is 16.5. The van der Waals surface area contributed by atoms with Crippen LogP contribution in [0, 0.1) is 5.92 Å². The van der Waals surface area contributed by atoms with Crippen molar-refractivity contribution in [3.63, 3.8) is 0 Å². The number of carbonyl (C=O) groups is 1. The molecule has 6 nitrogen and oxygen atoms in total. The molecular formula is C30H36N2O4. The number of carbonyl (C=O) groups excluding carboxylic acids is 1. The minimum absolute atomic E-state index is 0.160. The van der Waals surface area contributed by atoms with Gasteiger partial charge in [0.15, 0.2) is 0 Å². The number of hydrogen-bond acceptors (Lipinski definition) is 5. The number of rotatable bonds is 7. The second-order valence-corrected chi connectivity index (χ2v) is 10.3. The molecule has 2 saturated heterocycles. The number of fused-ring (bicyclic) bond motifs is 2. The summed E-state index contributed by atoms with van der Waals surface area (Å²) in [5.74, 6) is 1.36. The molecule has 2 aliphatic heterocycles. The molecule has 6 heteroatoms. The molecule has 2 aliphatic rings. The summed E-state index contributed by atoms with van der Waals surface area (Å²) in [6.45, 7) is 3.26. The molecule has 5 rings (SSSR count). The fourth-order valence-corrected chi connectivity index (χ4v) is 6.15. The van der Waals surface area contributed by atoms with E-state index in [-0.39, 0.29) is 5.91 Å². The van der Waals surface area contributed by atoms with Gasteiger partial charge in [0.25, 0.3) is 0 Å². The highest BCUT2D eigenvalue weighted by Crippen LogP contribution is 2.34. The average molecular weight is 489 g/mol. The predicted molar refractivity (Wildman–Crippen MR) is 142 cm³/mol. The average Bonchev–Trinajstić information content (AvgIpc) is 2.91. The lowest BCUT2D eigenvalue weighted by atomic mass is 9.83. The van der Waals surface area contributed by atoms with Gasteiger partial charge in [-0.25, -0.2) is 4.79 Å². The molecular weight excluding hydrogens is 452 g/mol. The van der Waals surface area contributed by atoms with Crippen LogP contribution in [0.4, 0.5) is 0 Å². The second-order valence-electron chi connectivity index (χ2n) is 10.3. The fraction of sp³-hybridized carbons (Fsp3) is 0.467. The molecule has 1 amide bonds. The summed E-state index contributed by atoms with van der Waals surface area (Å²) in [6.07, 6.45) is 7.30. The van der Waals surface area contributed by atoms with Gasteiger partial charge >= 0.3 is 5.63 Å². The van der Waals surface area contributed by atoms with Crippen LogP contribution < -0.4 is 10.4 Å². The predicted octanol–water partition coefficient (Wildman–Crippen LogP) is 5.12. The van der Waals surface area contributed by atoms with E-state index in [4.69, 9.17) is 9.15 Å². The third-order valence-electron chi connectivity index (χ3n) is 8.00. The van der Waals surface area contributed by atoms with Crippen molar-refractivity contribution in [2.75, 3.05) is 33.8 Å². The van der Waals surface area contributed by atoms with E-state index in [0.29, 0.717) is 36.1 Å². The van der Waals surface area contributed by atoms with Gasteiger partial charge in [0.2, 0.25) is 5.91 Å². The molecule has 0 aliphatic carbocycles.